The van der Waals surface area contributed by atoms with Crippen LogP contribution in [0.1, 0.15) is 136 Å². The molecule has 0 unspecified atom stereocenters. The number of rotatable bonds is 27. The van der Waals surface area contributed by atoms with Crippen LogP contribution in [-0.4, -0.2) is 76.9 Å². The first-order valence-corrected chi connectivity index (χ1v) is 18.6. The number of carbonyl (C=O) groups excluding carboxylic acids is 3. The van der Waals surface area contributed by atoms with Gasteiger partial charge in [0.1, 0.15) is 0 Å². The van der Waals surface area contributed by atoms with E-state index in [4.69, 9.17) is 0 Å². The average molecular weight is 732 g/mol. The van der Waals surface area contributed by atoms with E-state index in [1.165, 1.54) is 132 Å². The van der Waals surface area contributed by atoms with Crippen molar-refractivity contribution in [3.05, 3.63) is 0 Å². The Morgan fingerprint density at radius 3 is 0.800 bits per heavy atom. The summed E-state index contributed by atoms with van der Waals surface area (Å²) in [6.45, 7) is 6.61. The fourth-order valence-corrected chi connectivity index (χ4v) is 5.58. The van der Waals surface area contributed by atoms with Crippen molar-refractivity contribution in [3.8, 4) is 0 Å². The minimum atomic E-state index is -0.948. The number of hydrogen-bond acceptors (Lipinski definition) is 9. The second kappa shape index (κ2) is 43.7. The molecule has 236 valence electrons. The molecular weight excluding hydrogens is 674 g/mol. The first-order chi connectivity index (χ1) is 18.8. The Morgan fingerprint density at radius 1 is 0.400 bits per heavy atom. The molecule has 0 heterocycles. The number of unbranched alkanes of at least 4 members (excludes halogenated alkanes) is 15. The Hall–Kier alpha value is 0.278. The molecule has 0 N–H and O–H groups in total. The zero-order valence-corrected chi connectivity index (χ0v) is 30.6. The number of carbonyl (C=O) groups is 3. The minimum Gasteiger partial charge on any atom is -0.549 e. The second-order valence-corrected chi connectivity index (χ2v) is 12.9. The van der Waals surface area contributed by atoms with Gasteiger partial charge in [0.05, 0.1) is 17.9 Å². The van der Waals surface area contributed by atoms with E-state index in [1.807, 2.05) is 0 Å². The quantitative estimate of drug-likeness (QED) is 0.0839. The monoisotopic (exact) mass is 730 g/mol. The molecule has 0 amide bonds. The van der Waals surface area contributed by atoms with Gasteiger partial charge in [-0.25, -0.2) is 0 Å². The summed E-state index contributed by atoms with van der Waals surface area (Å²) in [6, 6.07) is 0. The topological polar surface area (TPSA) is 120 Å². The molecule has 0 aromatic rings. The third kappa shape index (κ3) is 58.0. The van der Waals surface area contributed by atoms with Crippen molar-refractivity contribution in [2.24, 2.45) is 0 Å². The molecule has 6 nitrogen and oxygen atoms in total. The summed E-state index contributed by atoms with van der Waals surface area (Å²) in [4.78, 5) is 30.1. The Bertz CT molecular complexity index is 456. The van der Waals surface area contributed by atoms with Crippen LogP contribution >= 0.6 is 35.3 Å². The van der Waals surface area contributed by atoms with Crippen LogP contribution in [-0.2, 0) is 14.4 Å². The van der Waals surface area contributed by atoms with Crippen LogP contribution in [0.2, 0.25) is 0 Å². The van der Waals surface area contributed by atoms with E-state index in [9.17, 15) is 29.7 Å². The first-order valence-electron chi connectivity index (χ1n) is 15.1. The summed E-state index contributed by atoms with van der Waals surface area (Å²) < 4.78 is 0. The van der Waals surface area contributed by atoms with Gasteiger partial charge in [-0.1, -0.05) is 117 Å². The molecule has 2 radical (unpaired) electrons. The Morgan fingerprint density at radius 2 is 0.600 bits per heavy atom. The van der Waals surface area contributed by atoms with Gasteiger partial charge in [-0.05, 0) is 36.5 Å². The van der Waals surface area contributed by atoms with Crippen molar-refractivity contribution in [1.29, 1.82) is 0 Å². The van der Waals surface area contributed by atoms with E-state index >= 15 is 0 Å². The van der Waals surface area contributed by atoms with Crippen LogP contribution in [0.15, 0.2) is 0 Å². The Balaban J connectivity index is -0.000000240. The normalized spacial score (nSPS) is 9.97. The summed E-state index contributed by atoms with van der Waals surface area (Å²) in [6.07, 6.45) is 22.8. The molecule has 0 spiro atoms. The van der Waals surface area contributed by atoms with Crippen molar-refractivity contribution in [2.45, 2.75) is 136 Å². The van der Waals surface area contributed by atoms with E-state index in [0.717, 1.165) is 36.5 Å². The summed E-state index contributed by atoms with van der Waals surface area (Å²) in [5.74, 6) is 0.474. The smallest absolute Gasteiger partial charge is 0.549 e. The number of thioether (sulfide) groups is 3. The molecule has 0 aromatic carbocycles. The van der Waals surface area contributed by atoms with Crippen molar-refractivity contribution >= 4 is 77.6 Å². The number of aliphatic carboxylic acids is 3. The van der Waals surface area contributed by atoms with Crippen LogP contribution in [0, 0.1) is 0 Å². The molecule has 0 aliphatic carbocycles. The van der Waals surface area contributed by atoms with Crippen LogP contribution < -0.4 is 15.3 Å². The van der Waals surface area contributed by atoms with Crippen LogP contribution in [0.5, 0.6) is 0 Å². The number of hydrogen-bond donors (Lipinski definition) is 0. The minimum absolute atomic E-state index is 0. The number of carboxylic acid groups (broad SMARTS) is 3. The van der Waals surface area contributed by atoms with Crippen molar-refractivity contribution < 1.29 is 29.7 Å². The summed E-state index contributed by atoms with van der Waals surface area (Å²) in [7, 11) is 0. The van der Waals surface area contributed by atoms with Gasteiger partial charge in [0.25, 0.3) is 0 Å². The van der Waals surface area contributed by atoms with E-state index < -0.39 is 17.9 Å². The standard InChI is InChI=1S/3C10H20O2S.Sb/c3*1-2-3-4-5-6-7-8-13-9-10(11)12;/h3*2-9H2,1H3,(H,11,12);/q;;;+3/p-3. The summed E-state index contributed by atoms with van der Waals surface area (Å²) in [5, 5.41) is 30.1. The first kappa shape index (κ1) is 47.2. The summed E-state index contributed by atoms with van der Waals surface area (Å²) >= 11 is 4.39. The predicted molar refractivity (Wildman–Crippen MR) is 173 cm³/mol. The molecule has 0 atom stereocenters. The molecule has 0 saturated heterocycles. The van der Waals surface area contributed by atoms with Crippen molar-refractivity contribution in [3.63, 3.8) is 0 Å². The van der Waals surface area contributed by atoms with Gasteiger partial charge >= 0.3 is 24.4 Å². The van der Waals surface area contributed by atoms with Crippen molar-refractivity contribution in [1.82, 2.24) is 0 Å². The van der Waals surface area contributed by atoms with Gasteiger partial charge in [0.15, 0.2) is 0 Å². The second-order valence-electron chi connectivity index (χ2n) is 9.58. The Labute approximate surface area is 276 Å². The van der Waals surface area contributed by atoms with E-state index in [1.54, 1.807) is 0 Å². The fraction of sp³-hybridized carbons (Fsp3) is 0.900. The van der Waals surface area contributed by atoms with E-state index in [0.29, 0.717) is 0 Å². The maximum absolute atomic E-state index is 10.0. The molecule has 0 bridgehead atoms. The third-order valence-electron chi connectivity index (χ3n) is 5.59. The molecule has 0 rings (SSSR count). The fourth-order valence-electron chi connectivity index (χ4n) is 3.42. The van der Waals surface area contributed by atoms with Gasteiger partial charge in [-0.2, -0.15) is 35.3 Å². The maximum Gasteiger partial charge on any atom is 3.00 e. The van der Waals surface area contributed by atoms with Crippen LogP contribution in [0.3, 0.4) is 0 Å². The van der Waals surface area contributed by atoms with Gasteiger partial charge < -0.3 is 29.7 Å². The molecule has 0 aliphatic rings. The van der Waals surface area contributed by atoms with Crippen molar-refractivity contribution in [2.75, 3.05) is 34.5 Å². The molecule has 0 fully saturated rings. The van der Waals surface area contributed by atoms with Gasteiger partial charge in [-0.15, -0.1) is 0 Å². The van der Waals surface area contributed by atoms with Gasteiger partial charge in [0.2, 0.25) is 0 Å². The van der Waals surface area contributed by atoms with Crippen LogP contribution in [0.25, 0.3) is 0 Å². The largest absolute Gasteiger partial charge is 3.00 e. The van der Waals surface area contributed by atoms with Crippen LogP contribution in [0.4, 0.5) is 0 Å². The molecule has 0 aromatic heterocycles. The third-order valence-corrected chi connectivity index (χ3v) is 8.64. The average Bonchev–Trinajstić information content (AvgIpc) is 2.89. The SMILES string of the molecule is CCCCCCCCSCC(=O)[O-].CCCCCCCCSCC(=O)[O-].CCCCCCCCSCC(=O)[O-].[Sb+3]. The zero-order valence-electron chi connectivity index (χ0n) is 25.6. The molecule has 0 aliphatic heterocycles. The maximum atomic E-state index is 10.0. The predicted octanol–water partition coefficient (Wildman–Crippen LogP) is 5.11. The molecule has 40 heavy (non-hydrogen) atoms. The van der Waals surface area contributed by atoms with Gasteiger partial charge in [-0.3, -0.25) is 0 Å². The van der Waals surface area contributed by atoms with E-state index in [2.05, 4.69) is 20.8 Å². The zero-order chi connectivity index (χ0) is 29.8. The van der Waals surface area contributed by atoms with E-state index in [-0.39, 0.29) is 41.7 Å². The molecular formula is C30H57O6S3Sb. The molecule has 10 heteroatoms. The number of carboxylic acids is 3. The Kier molecular flexibility index (Phi) is 51.6. The van der Waals surface area contributed by atoms with Gasteiger partial charge in [0, 0.05) is 17.3 Å². The molecule has 0 saturated carbocycles. The summed E-state index contributed by atoms with van der Waals surface area (Å²) in [5.41, 5.74) is 0.